The molecule has 0 fully saturated rings. The van der Waals surface area contributed by atoms with Gasteiger partial charge in [0, 0.05) is 36.5 Å². The van der Waals surface area contributed by atoms with Crippen molar-refractivity contribution in [3.8, 4) is 0 Å². The van der Waals surface area contributed by atoms with Gasteiger partial charge in [-0.2, -0.15) is 0 Å². The van der Waals surface area contributed by atoms with Crippen LogP contribution in [0.5, 0.6) is 0 Å². The number of aromatic amines is 1. The van der Waals surface area contributed by atoms with E-state index in [-0.39, 0.29) is 30.9 Å². The molecule has 0 saturated carbocycles. The average Bonchev–Trinajstić information content (AvgIpc) is 2.87. The molecule has 0 radical (unpaired) electrons. The van der Waals surface area contributed by atoms with Gasteiger partial charge >= 0.3 is 5.97 Å². The second-order valence-corrected chi connectivity index (χ2v) is 4.79. The molecule has 1 amide bonds. The zero-order valence-corrected chi connectivity index (χ0v) is 11.9. The van der Waals surface area contributed by atoms with Gasteiger partial charge in [-0.25, -0.2) is 0 Å². The van der Waals surface area contributed by atoms with E-state index in [4.69, 9.17) is 10.5 Å². The first-order chi connectivity index (χ1) is 10.1. The van der Waals surface area contributed by atoms with Gasteiger partial charge in [-0.3, -0.25) is 9.59 Å². The minimum atomic E-state index is -0.380. The van der Waals surface area contributed by atoms with Gasteiger partial charge in [0.25, 0.3) is 0 Å². The number of aromatic nitrogens is 1. The van der Waals surface area contributed by atoms with E-state index < -0.39 is 0 Å². The SMILES string of the molecule is CC(=O)OCCNC(=O)CC(N)c1c[nH]c2ccccc12. The summed E-state index contributed by atoms with van der Waals surface area (Å²) in [7, 11) is 0. The standard InChI is InChI=1S/C15H19N3O3/c1-10(19)21-7-6-17-15(20)8-13(16)12-9-18-14-5-3-2-4-11(12)14/h2-5,9,13,18H,6-8,16H2,1H3,(H,17,20). The molecule has 1 atom stereocenters. The number of esters is 1. The first-order valence-electron chi connectivity index (χ1n) is 6.79. The number of amides is 1. The molecule has 2 rings (SSSR count). The molecule has 0 aliphatic carbocycles. The fourth-order valence-electron chi connectivity index (χ4n) is 2.17. The van der Waals surface area contributed by atoms with Crippen LogP contribution in [0.4, 0.5) is 0 Å². The lowest BCUT2D eigenvalue weighted by atomic mass is 10.0. The molecule has 0 bridgehead atoms. The summed E-state index contributed by atoms with van der Waals surface area (Å²) in [6.07, 6.45) is 2.02. The van der Waals surface area contributed by atoms with Crippen molar-refractivity contribution in [2.75, 3.05) is 13.2 Å². The first-order valence-corrected chi connectivity index (χ1v) is 6.79. The predicted octanol–water partition coefficient (Wildman–Crippen LogP) is 1.24. The minimum Gasteiger partial charge on any atom is -0.464 e. The molecule has 1 aromatic heterocycles. The zero-order valence-electron chi connectivity index (χ0n) is 11.9. The Labute approximate surface area is 122 Å². The van der Waals surface area contributed by atoms with Crippen molar-refractivity contribution in [1.29, 1.82) is 0 Å². The Morgan fingerprint density at radius 2 is 2.14 bits per heavy atom. The number of carbonyl (C=O) groups excluding carboxylic acids is 2. The normalized spacial score (nSPS) is 12.1. The smallest absolute Gasteiger partial charge is 0.302 e. The van der Waals surface area contributed by atoms with Gasteiger partial charge in [-0.15, -0.1) is 0 Å². The summed E-state index contributed by atoms with van der Waals surface area (Å²) in [5.41, 5.74) is 8.01. The van der Waals surface area contributed by atoms with E-state index in [1.54, 1.807) is 0 Å². The van der Waals surface area contributed by atoms with Gasteiger partial charge in [0.1, 0.15) is 6.61 Å². The molecule has 1 heterocycles. The number of carbonyl (C=O) groups is 2. The van der Waals surface area contributed by atoms with Crippen molar-refractivity contribution >= 4 is 22.8 Å². The summed E-state index contributed by atoms with van der Waals surface area (Å²) in [5.74, 6) is -0.528. The lowest BCUT2D eigenvalue weighted by Gasteiger charge is -2.11. The van der Waals surface area contributed by atoms with Crippen LogP contribution in [-0.4, -0.2) is 30.0 Å². The van der Waals surface area contributed by atoms with Crippen molar-refractivity contribution in [2.45, 2.75) is 19.4 Å². The highest BCUT2D eigenvalue weighted by Gasteiger charge is 2.15. The Kier molecular flexibility index (Phi) is 4.94. The van der Waals surface area contributed by atoms with E-state index in [2.05, 4.69) is 10.3 Å². The molecule has 0 aliphatic heterocycles. The average molecular weight is 289 g/mol. The molecule has 6 heteroatoms. The third kappa shape index (κ3) is 4.06. The van der Waals surface area contributed by atoms with Crippen LogP contribution < -0.4 is 11.1 Å². The molecule has 21 heavy (non-hydrogen) atoms. The van der Waals surface area contributed by atoms with Crippen LogP contribution in [0.1, 0.15) is 24.9 Å². The van der Waals surface area contributed by atoms with Crippen LogP contribution in [0.2, 0.25) is 0 Å². The van der Waals surface area contributed by atoms with Gasteiger partial charge in [-0.05, 0) is 11.6 Å². The zero-order chi connectivity index (χ0) is 15.2. The van der Waals surface area contributed by atoms with Crippen LogP contribution in [-0.2, 0) is 14.3 Å². The maximum atomic E-state index is 11.8. The summed E-state index contributed by atoms with van der Waals surface area (Å²) in [4.78, 5) is 25.5. The maximum absolute atomic E-state index is 11.8. The summed E-state index contributed by atoms with van der Waals surface area (Å²) in [5, 5.41) is 3.70. The summed E-state index contributed by atoms with van der Waals surface area (Å²) in [6, 6.07) is 7.43. The Hall–Kier alpha value is -2.34. The number of benzene rings is 1. The van der Waals surface area contributed by atoms with Crippen molar-refractivity contribution in [3.63, 3.8) is 0 Å². The molecule has 112 valence electrons. The highest BCUT2D eigenvalue weighted by Crippen LogP contribution is 2.24. The van der Waals surface area contributed by atoms with Gasteiger partial charge in [-0.1, -0.05) is 18.2 Å². The number of H-pyrrole nitrogens is 1. The monoisotopic (exact) mass is 289 g/mol. The highest BCUT2D eigenvalue weighted by molar-refractivity contribution is 5.85. The van der Waals surface area contributed by atoms with Crippen molar-refractivity contribution in [1.82, 2.24) is 10.3 Å². The van der Waals surface area contributed by atoms with E-state index in [0.717, 1.165) is 16.5 Å². The fraction of sp³-hybridized carbons (Fsp3) is 0.333. The van der Waals surface area contributed by atoms with Crippen LogP contribution >= 0.6 is 0 Å². The number of hydrogen-bond donors (Lipinski definition) is 3. The molecule has 4 N–H and O–H groups in total. The van der Waals surface area contributed by atoms with E-state index in [0.29, 0.717) is 6.54 Å². The number of para-hydroxylation sites is 1. The number of rotatable bonds is 6. The van der Waals surface area contributed by atoms with E-state index >= 15 is 0 Å². The van der Waals surface area contributed by atoms with Gasteiger partial charge < -0.3 is 20.8 Å². The number of nitrogens with one attached hydrogen (secondary N) is 2. The van der Waals surface area contributed by atoms with Crippen molar-refractivity contribution < 1.29 is 14.3 Å². The Balaban J connectivity index is 1.87. The van der Waals surface area contributed by atoms with Crippen LogP contribution in [0, 0.1) is 0 Å². The second kappa shape index (κ2) is 6.90. The third-order valence-electron chi connectivity index (χ3n) is 3.16. The number of fused-ring (bicyclic) bond motifs is 1. The maximum Gasteiger partial charge on any atom is 0.302 e. The van der Waals surface area contributed by atoms with E-state index in [9.17, 15) is 9.59 Å². The molecule has 0 aliphatic rings. The number of ether oxygens (including phenoxy) is 1. The Morgan fingerprint density at radius 1 is 1.38 bits per heavy atom. The van der Waals surface area contributed by atoms with Crippen molar-refractivity contribution in [3.05, 3.63) is 36.0 Å². The van der Waals surface area contributed by atoms with Gasteiger partial charge in [0.15, 0.2) is 0 Å². The molecule has 2 aromatic rings. The Morgan fingerprint density at radius 3 is 2.90 bits per heavy atom. The largest absolute Gasteiger partial charge is 0.464 e. The topological polar surface area (TPSA) is 97.2 Å². The summed E-state index contributed by atoms with van der Waals surface area (Å²) >= 11 is 0. The summed E-state index contributed by atoms with van der Waals surface area (Å²) < 4.78 is 4.74. The Bertz CT molecular complexity index is 636. The molecule has 1 unspecified atom stereocenters. The highest BCUT2D eigenvalue weighted by atomic mass is 16.5. The lowest BCUT2D eigenvalue weighted by Crippen LogP contribution is -2.30. The lowest BCUT2D eigenvalue weighted by molar-refractivity contribution is -0.141. The molecule has 6 nitrogen and oxygen atoms in total. The molecule has 1 aromatic carbocycles. The molecular weight excluding hydrogens is 270 g/mol. The summed E-state index contributed by atoms with van der Waals surface area (Å²) in [6.45, 7) is 1.79. The number of hydrogen-bond acceptors (Lipinski definition) is 4. The van der Waals surface area contributed by atoms with Crippen molar-refractivity contribution in [2.24, 2.45) is 5.73 Å². The molecule has 0 spiro atoms. The van der Waals surface area contributed by atoms with Crippen LogP contribution in [0.3, 0.4) is 0 Å². The molecular formula is C15H19N3O3. The third-order valence-corrected chi connectivity index (χ3v) is 3.16. The number of nitrogens with two attached hydrogens (primary N) is 1. The first kappa shape index (κ1) is 15.1. The predicted molar refractivity (Wildman–Crippen MR) is 79.5 cm³/mol. The van der Waals surface area contributed by atoms with Crippen LogP contribution in [0.15, 0.2) is 30.5 Å². The van der Waals surface area contributed by atoms with Gasteiger partial charge in [0.2, 0.25) is 5.91 Å². The second-order valence-electron chi connectivity index (χ2n) is 4.79. The van der Waals surface area contributed by atoms with E-state index in [1.165, 1.54) is 6.92 Å². The minimum absolute atomic E-state index is 0.167. The fourth-order valence-corrected chi connectivity index (χ4v) is 2.17. The quantitative estimate of drug-likeness (QED) is 0.550. The van der Waals surface area contributed by atoms with E-state index in [1.807, 2.05) is 30.5 Å². The van der Waals surface area contributed by atoms with Crippen LogP contribution in [0.25, 0.3) is 10.9 Å². The van der Waals surface area contributed by atoms with Gasteiger partial charge in [0.05, 0.1) is 6.54 Å². The molecule has 0 saturated heterocycles.